The normalized spacial score (nSPS) is 18.6. The van der Waals surface area contributed by atoms with Gasteiger partial charge in [0.15, 0.2) is 0 Å². The van der Waals surface area contributed by atoms with Gasteiger partial charge in [0.2, 0.25) is 0 Å². The minimum Gasteiger partial charge on any atom is -0.508 e. The maximum Gasteiger partial charge on any atom is 0.115 e. The Labute approximate surface area is 148 Å². The summed E-state index contributed by atoms with van der Waals surface area (Å²) in [5, 5.41) is 12.2. The molecule has 1 fully saturated rings. The van der Waals surface area contributed by atoms with Crippen molar-refractivity contribution in [2.75, 3.05) is 19.6 Å². The Morgan fingerprint density at radius 1 is 1.12 bits per heavy atom. The number of hydrogen-bond acceptors (Lipinski definition) is 3. The van der Waals surface area contributed by atoms with Gasteiger partial charge < -0.3 is 14.4 Å². The van der Waals surface area contributed by atoms with Crippen LogP contribution in [0.2, 0.25) is 0 Å². The number of fused-ring (bicyclic) bond motifs is 1. The van der Waals surface area contributed by atoms with Crippen molar-refractivity contribution < 1.29 is 9.52 Å². The molecule has 0 bridgehead atoms. The van der Waals surface area contributed by atoms with E-state index in [0.717, 1.165) is 31.7 Å². The molecule has 1 atom stereocenters. The van der Waals surface area contributed by atoms with Crippen LogP contribution >= 0.6 is 0 Å². The second-order valence-electron chi connectivity index (χ2n) is 7.08. The van der Waals surface area contributed by atoms with Crippen molar-refractivity contribution in [2.45, 2.75) is 31.6 Å². The molecule has 1 aliphatic rings. The molecular weight excluding hydrogens is 310 g/mol. The van der Waals surface area contributed by atoms with E-state index in [9.17, 15) is 5.11 Å². The standard InChI is InChI=1S/C22H25NO2/c24-20-9-3-7-17(14-20)18-8-4-12-23(15-18)13-5-11-22-21-10-2-1-6-19(21)16-25-22/h1-3,6-7,9-10,14,16,18,24H,4-5,8,11-13,15H2. The lowest BCUT2D eigenvalue weighted by Crippen LogP contribution is -2.35. The molecule has 130 valence electrons. The Balaban J connectivity index is 1.33. The van der Waals surface area contributed by atoms with Gasteiger partial charge in [0.25, 0.3) is 0 Å². The summed E-state index contributed by atoms with van der Waals surface area (Å²) in [5.74, 6) is 2.02. The minimum absolute atomic E-state index is 0.374. The number of nitrogens with zero attached hydrogens (tertiary/aromatic N) is 1. The molecule has 1 aliphatic heterocycles. The average Bonchev–Trinajstić information content (AvgIpc) is 3.05. The van der Waals surface area contributed by atoms with Gasteiger partial charge in [-0.15, -0.1) is 0 Å². The lowest BCUT2D eigenvalue weighted by molar-refractivity contribution is 0.204. The maximum absolute atomic E-state index is 9.72. The predicted molar refractivity (Wildman–Crippen MR) is 101 cm³/mol. The van der Waals surface area contributed by atoms with Crippen LogP contribution in [0.4, 0.5) is 0 Å². The molecular formula is C22H25NO2. The fourth-order valence-corrected chi connectivity index (χ4v) is 4.02. The Kier molecular flexibility index (Phi) is 4.75. The van der Waals surface area contributed by atoms with Gasteiger partial charge in [-0.2, -0.15) is 0 Å². The highest BCUT2D eigenvalue weighted by atomic mass is 16.3. The molecule has 2 heterocycles. The number of rotatable bonds is 5. The van der Waals surface area contributed by atoms with Crippen LogP contribution in [0.25, 0.3) is 10.8 Å². The van der Waals surface area contributed by atoms with Crippen LogP contribution in [0.3, 0.4) is 0 Å². The van der Waals surface area contributed by atoms with E-state index in [1.54, 1.807) is 6.07 Å². The first-order valence-corrected chi connectivity index (χ1v) is 9.26. The number of furan rings is 1. The number of aryl methyl sites for hydroxylation is 1. The van der Waals surface area contributed by atoms with Crippen LogP contribution in [0.5, 0.6) is 5.75 Å². The van der Waals surface area contributed by atoms with Crippen LogP contribution < -0.4 is 0 Å². The van der Waals surface area contributed by atoms with Crippen LogP contribution in [0, 0.1) is 0 Å². The van der Waals surface area contributed by atoms with Crippen molar-refractivity contribution in [1.29, 1.82) is 0 Å². The van der Waals surface area contributed by atoms with Gasteiger partial charge in [0.1, 0.15) is 11.5 Å². The van der Waals surface area contributed by atoms with Crippen molar-refractivity contribution >= 4 is 10.8 Å². The van der Waals surface area contributed by atoms with Gasteiger partial charge in [-0.1, -0.05) is 36.4 Å². The molecule has 1 unspecified atom stereocenters. The molecule has 25 heavy (non-hydrogen) atoms. The summed E-state index contributed by atoms with van der Waals surface area (Å²) in [6, 6.07) is 16.1. The third kappa shape index (κ3) is 3.72. The number of piperidine rings is 1. The van der Waals surface area contributed by atoms with E-state index < -0.39 is 0 Å². The van der Waals surface area contributed by atoms with E-state index in [2.05, 4.69) is 35.2 Å². The molecule has 0 aliphatic carbocycles. The molecule has 0 saturated carbocycles. The van der Waals surface area contributed by atoms with Crippen molar-refractivity contribution in [3.63, 3.8) is 0 Å². The Hall–Kier alpha value is -2.26. The van der Waals surface area contributed by atoms with E-state index >= 15 is 0 Å². The lowest BCUT2D eigenvalue weighted by atomic mass is 9.90. The van der Waals surface area contributed by atoms with E-state index in [4.69, 9.17) is 4.42 Å². The Morgan fingerprint density at radius 2 is 2.04 bits per heavy atom. The van der Waals surface area contributed by atoms with Gasteiger partial charge in [-0.05, 0) is 56.0 Å². The zero-order valence-electron chi connectivity index (χ0n) is 14.5. The summed E-state index contributed by atoms with van der Waals surface area (Å²) in [5.41, 5.74) is 1.27. The molecule has 4 rings (SSSR count). The molecule has 1 aromatic heterocycles. The van der Waals surface area contributed by atoms with Crippen LogP contribution in [-0.2, 0) is 6.42 Å². The third-order valence-corrected chi connectivity index (χ3v) is 5.31. The Bertz CT molecular complexity index is 839. The van der Waals surface area contributed by atoms with E-state index in [1.165, 1.54) is 35.7 Å². The fourth-order valence-electron chi connectivity index (χ4n) is 4.02. The number of benzene rings is 2. The number of phenolic OH excluding ortho intramolecular Hbond substituents is 1. The lowest BCUT2D eigenvalue weighted by Gasteiger charge is -2.33. The SMILES string of the molecule is Oc1cccc(C2CCCN(CCCc3occ4ccccc34)C2)c1. The smallest absolute Gasteiger partial charge is 0.115 e. The van der Waals surface area contributed by atoms with E-state index in [0.29, 0.717) is 11.7 Å². The molecule has 3 nitrogen and oxygen atoms in total. The molecule has 1 saturated heterocycles. The van der Waals surface area contributed by atoms with Crippen molar-refractivity contribution in [2.24, 2.45) is 0 Å². The zero-order chi connectivity index (χ0) is 17.1. The zero-order valence-corrected chi connectivity index (χ0v) is 14.5. The fraction of sp³-hybridized carbons (Fsp3) is 0.364. The molecule has 1 N–H and O–H groups in total. The maximum atomic E-state index is 9.72. The highest BCUT2D eigenvalue weighted by Crippen LogP contribution is 2.29. The van der Waals surface area contributed by atoms with Crippen LogP contribution in [-0.4, -0.2) is 29.6 Å². The molecule has 3 aromatic rings. The third-order valence-electron chi connectivity index (χ3n) is 5.31. The first kappa shape index (κ1) is 16.2. The minimum atomic E-state index is 0.374. The van der Waals surface area contributed by atoms with Crippen LogP contribution in [0.1, 0.15) is 36.5 Å². The highest BCUT2D eigenvalue weighted by molar-refractivity contribution is 5.83. The first-order chi connectivity index (χ1) is 12.3. The van der Waals surface area contributed by atoms with Gasteiger partial charge in [0.05, 0.1) is 6.26 Å². The van der Waals surface area contributed by atoms with Crippen LogP contribution in [0.15, 0.2) is 59.2 Å². The number of hydrogen-bond donors (Lipinski definition) is 1. The summed E-state index contributed by atoms with van der Waals surface area (Å²) in [6.07, 6.45) is 6.40. The second kappa shape index (κ2) is 7.32. The molecule has 3 heteroatoms. The summed E-state index contributed by atoms with van der Waals surface area (Å²) >= 11 is 0. The Morgan fingerprint density at radius 3 is 2.96 bits per heavy atom. The van der Waals surface area contributed by atoms with Gasteiger partial charge >= 0.3 is 0 Å². The highest BCUT2D eigenvalue weighted by Gasteiger charge is 2.21. The van der Waals surface area contributed by atoms with Crippen molar-refractivity contribution in [1.82, 2.24) is 4.90 Å². The van der Waals surface area contributed by atoms with Gasteiger partial charge in [-0.25, -0.2) is 0 Å². The molecule has 2 aromatic carbocycles. The van der Waals surface area contributed by atoms with E-state index in [1.807, 2.05) is 18.4 Å². The summed E-state index contributed by atoms with van der Waals surface area (Å²) in [4.78, 5) is 2.56. The summed E-state index contributed by atoms with van der Waals surface area (Å²) in [7, 11) is 0. The summed E-state index contributed by atoms with van der Waals surface area (Å²) < 4.78 is 5.76. The number of phenols is 1. The summed E-state index contributed by atoms with van der Waals surface area (Å²) in [6.45, 7) is 3.36. The average molecular weight is 335 g/mol. The topological polar surface area (TPSA) is 36.6 Å². The predicted octanol–water partition coefficient (Wildman–Crippen LogP) is 4.95. The molecule has 0 spiro atoms. The number of likely N-dealkylation sites (tertiary alicyclic amines) is 1. The van der Waals surface area contributed by atoms with E-state index in [-0.39, 0.29) is 0 Å². The second-order valence-corrected chi connectivity index (χ2v) is 7.08. The van der Waals surface area contributed by atoms with Gasteiger partial charge in [-0.3, -0.25) is 0 Å². The first-order valence-electron chi connectivity index (χ1n) is 9.26. The monoisotopic (exact) mass is 335 g/mol. The largest absolute Gasteiger partial charge is 0.508 e. The number of aromatic hydroxyl groups is 1. The van der Waals surface area contributed by atoms with Crippen molar-refractivity contribution in [3.05, 3.63) is 66.1 Å². The van der Waals surface area contributed by atoms with Gasteiger partial charge in [0, 0.05) is 23.7 Å². The quantitative estimate of drug-likeness (QED) is 0.716. The van der Waals surface area contributed by atoms with Crippen molar-refractivity contribution in [3.8, 4) is 5.75 Å². The molecule has 0 amide bonds. The molecule has 0 radical (unpaired) electrons.